The van der Waals surface area contributed by atoms with Crippen molar-refractivity contribution in [2.45, 2.75) is 5.92 Å². The molecule has 0 saturated carbocycles. The quantitative estimate of drug-likeness (QED) is 0.418. The van der Waals surface area contributed by atoms with Crippen molar-refractivity contribution in [1.82, 2.24) is 4.98 Å². The zero-order valence-corrected chi connectivity index (χ0v) is 16.5. The minimum atomic E-state index is -1.14. The summed E-state index contributed by atoms with van der Waals surface area (Å²) in [5.74, 6) is -4.76. The van der Waals surface area contributed by atoms with Gasteiger partial charge in [0.15, 0.2) is 23.6 Å². The molecule has 6 nitrogen and oxygen atoms in total. The van der Waals surface area contributed by atoms with Gasteiger partial charge in [-0.05, 0) is 47.0 Å². The molecule has 4 aromatic rings. The predicted molar refractivity (Wildman–Crippen MR) is 114 cm³/mol. The van der Waals surface area contributed by atoms with E-state index in [1.165, 1.54) is 30.7 Å². The fourth-order valence-electron chi connectivity index (χ4n) is 3.28. The molecular formula is C24H16F2N2O4. The third-order valence-electron chi connectivity index (χ3n) is 4.84. The maximum absolute atomic E-state index is 13.6. The molecular weight excluding hydrogens is 418 g/mol. The Morgan fingerprint density at radius 3 is 2.53 bits per heavy atom. The smallest absolute Gasteiger partial charge is 0.315 e. The largest absolute Gasteiger partial charge is 0.481 e. The van der Waals surface area contributed by atoms with Crippen molar-refractivity contribution in [3.8, 4) is 0 Å². The lowest BCUT2D eigenvalue weighted by atomic mass is 9.90. The molecule has 160 valence electrons. The highest BCUT2D eigenvalue weighted by Gasteiger charge is 2.22. The lowest BCUT2D eigenvalue weighted by Gasteiger charge is -2.13. The number of aliphatic carboxylic acids is 1. The van der Waals surface area contributed by atoms with Gasteiger partial charge in [-0.2, -0.15) is 0 Å². The van der Waals surface area contributed by atoms with E-state index in [1.807, 2.05) is 0 Å². The summed E-state index contributed by atoms with van der Waals surface area (Å²) in [6, 6.07) is 15.1. The van der Waals surface area contributed by atoms with Crippen LogP contribution in [0.4, 0.5) is 14.5 Å². The van der Waals surface area contributed by atoms with Gasteiger partial charge in [-0.3, -0.25) is 9.59 Å². The molecule has 0 bridgehead atoms. The number of hydrogen-bond donors (Lipinski definition) is 2. The van der Waals surface area contributed by atoms with Crippen LogP contribution in [-0.2, 0) is 9.59 Å². The second-order valence-electron chi connectivity index (χ2n) is 6.94. The molecule has 0 aliphatic carbocycles. The number of benzene rings is 3. The Hall–Kier alpha value is -4.33. The summed E-state index contributed by atoms with van der Waals surface area (Å²) in [7, 11) is 0. The van der Waals surface area contributed by atoms with Gasteiger partial charge in [0, 0.05) is 6.08 Å². The van der Waals surface area contributed by atoms with Crippen molar-refractivity contribution in [3.05, 3.63) is 101 Å². The van der Waals surface area contributed by atoms with Gasteiger partial charge < -0.3 is 14.8 Å². The lowest BCUT2D eigenvalue weighted by Crippen LogP contribution is -2.13. The normalized spacial score (nSPS) is 12.2. The van der Waals surface area contributed by atoms with Crippen molar-refractivity contribution in [2.75, 3.05) is 5.32 Å². The van der Waals surface area contributed by atoms with E-state index < -0.39 is 29.4 Å². The molecule has 0 radical (unpaired) electrons. The number of aromatic nitrogens is 1. The van der Waals surface area contributed by atoms with Gasteiger partial charge in [-0.15, -0.1) is 0 Å². The van der Waals surface area contributed by atoms with Crippen molar-refractivity contribution < 1.29 is 27.9 Å². The predicted octanol–water partition coefficient (Wildman–Crippen LogP) is 4.97. The number of carbonyl (C=O) groups excluding carboxylic acids is 1. The Morgan fingerprint density at radius 1 is 1.03 bits per heavy atom. The van der Waals surface area contributed by atoms with Crippen LogP contribution < -0.4 is 5.32 Å². The molecule has 2 N–H and O–H groups in total. The number of amides is 1. The number of fused-ring (bicyclic) bond motifs is 1. The topological polar surface area (TPSA) is 92.4 Å². The van der Waals surface area contributed by atoms with E-state index in [-0.39, 0.29) is 5.69 Å². The number of anilines is 1. The molecule has 1 atom stereocenters. The van der Waals surface area contributed by atoms with E-state index in [9.17, 15) is 23.5 Å². The molecule has 3 aromatic carbocycles. The number of oxazole rings is 1. The fraction of sp³-hybridized carbons (Fsp3) is 0.0417. The van der Waals surface area contributed by atoms with Crippen LogP contribution in [0, 0.1) is 11.6 Å². The van der Waals surface area contributed by atoms with E-state index in [0.29, 0.717) is 27.8 Å². The Morgan fingerprint density at radius 2 is 1.78 bits per heavy atom. The highest BCUT2D eigenvalue weighted by Crippen LogP contribution is 2.28. The first kappa shape index (κ1) is 20.9. The summed E-state index contributed by atoms with van der Waals surface area (Å²) in [5.41, 5.74) is 2.59. The molecule has 1 unspecified atom stereocenters. The van der Waals surface area contributed by atoms with Gasteiger partial charge in [0.25, 0.3) is 0 Å². The minimum absolute atomic E-state index is 0.261. The first-order chi connectivity index (χ1) is 15.4. The zero-order valence-electron chi connectivity index (χ0n) is 16.5. The number of nitrogens with one attached hydrogen (secondary N) is 1. The van der Waals surface area contributed by atoms with Crippen LogP contribution in [-0.4, -0.2) is 22.0 Å². The average molecular weight is 434 g/mol. The maximum Gasteiger partial charge on any atom is 0.315 e. The van der Waals surface area contributed by atoms with Crippen LogP contribution >= 0.6 is 0 Å². The van der Waals surface area contributed by atoms with Crippen LogP contribution in [0.15, 0.2) is 77.6 Å². The second-order valence-corrected chi connectivity index (χ2v) is 6.94. The van der Waals surface area contributed by atoms with Crippen molar-refractivity contribution in [3.63, 3.8) is 0 Å². The lowest BCUT2D eigenvalue weighted by molar-refractivity contribution is -0.137. The highest BCUT2D eigenvalue weighted by atomic mass is 19.2. The highest BCUT2D eigenvalue weighted by molar-refractivity contribution is 6.02. The Bertz CT molecular complexity index is 1330. The number of halogens is 2. The summed E-state index contributed by atoms with van der Waals surface area (Å²) in [6.45, 7) is 0. The van der Waals surface area contributed by atoms with Crippen LogP contribution in [0.2, 0.25) is 0 Å². The molecule has 32 heavy (non-hydrogen) atoms. The fourth-order valence-corrected chi connectivity index (χ4v) is 3.28. The van der Waals surface area contributed by atoms with Gasteiger partial charge in [-0.25, -0.2) is 13.8 Å². The number of carboxylic acids is 1. The minimum Gasteiger partial charge on any atom is -0.481 e. The third kappa shape index (κ3) is 4.39. The first-order valence-electron chi connectivity index (χ1n) is 9.51. The number of carboxylic acid groups (broad SMARTS) is 1. The number of nitrogens with zero attached hydrogens (tertiary/aromatic N) is 1. The summed E-state index contributed by atoms with van der Waals surface area (Å²) >= 11 is 0. The molecule has 4 rings (SSSR count). The molecule has 8 heteroatoms. The van der Waals surface area contributed by atoms with Gasteiger partial charge in [-0.1, -0.05) is 36.4 Å². The molecule has 0 saturated heterocycles. The van der Waals surface area contributed by atoms with Gasteiger partial charge in [0.2, 0.25) is 5.91 Å². The van der Waals surface area contributed by atoms with Gasteiger partial charge in [0.1, 0.15) is 11.4 Å². The van der Waals surface area contributed by atoms with E-state index in [4.69, 9.17) is 4.42 Å². The van der Waals surface area contributed by atoms with Gasteiger partial charge in [0.05, 0.1) is 5.69 Å². The summed E-state index contributed by atoms with van der Waals surface area (Å²) in [6.07, 6.45) is 3.95. The van der Waals surface area contributed by atoms with Crippen LogP contribution in [0.1, 0.15) is 22.6 Å². The van der Waals surface area contributed by atoms with Gasteiger partial charge >= 0.3 is 5.97 Å². The molecule has 1 aromatic heterocycles. The Kier molecular flexibility index (Phi) is 5.76. The van der Waals surface area contributed by atoms with E-state index in [0.717, 1.165) is 6.07 Å². The van der Waals surface area contributed by atoms with Crippen molar-refractivity contribution >= 4 is 34.7 Å². The second kappa shape index (κ2) is 8.81. The zero-order chi connectivity index (χ0) is 22.7. The van der Waals surface area contributed by atoms with Crippen LogP contribution in [0.3, 0.4) is 0 Å². The Labute approximate surface area is 180 Å². The number of hydrogen-bond acceptors (Lipinski definition) is 4. The van der Waals surface area contributed by atoms with Crippen LogP contribution in [0.25, 0.3) is 17.2 Å². The number of carbonyl (C=O) groups is 2. The Balaban J connectivity index is 1.50. The molecule has 1 heterocycles. The average Bonchev–Trinajstić information content (AvgIpc) is 3.24. The summed E-state index contributed by atoms with van der Waals surface area (Å²) in [4.78, 5) is 28.0. The maximum atomic E-state index is 13.6. The molecule has 0 aliphatic rings. The van der Waals surface area contributed by atoms with E-state index in [1.54, 1.807) is 42.5 Å². The summed E-state index contributed by atoms with van der Waals surface area (Å²) < 4.78 is 32.1. The standard InChI is InChI=1S/C24H16F2N2O4/c25-17-2-1-3-18(23(17)26)28-21(29)11-6-14-4-7-15(8-5-14)22(24(30)31)16-9-10-20-19(12-16)27-13-32-20/h1-13,22H,(H,28,29)(H,30,31). The van der Waals surface area contributed by atoms with E-state index in [2.05, 4.69) is 10.3 Å². The molecule has 0 fully saturated rings. The van der Waals surface area contributed by atoms with Crippen LogP contribution in [0.5, 0.6) is 0 Å². The third-order valence-corrected chi connectivity index (χ3v) is 4.84. The number of rotatable bonds is 6. The van der Waals surface area contributed by atoms with Crippen molar-refractivity contribution in [1.29, 1.82) is 0 Å². The molecule has 1 amide bonds. The van der Waals surface area contributed by atoms with Crippen molar-refractivity contribution in [2.24, 2.45) is 0 Å². The molecule has 0 spiro atoms. The van der Waals surface area contributed by atoms with E-state index >= 15 is 0 Å². The summed E-state index contributed by atoms with van der Waals surface area (Å²) in [5, 5.41) is 12.0. The monoisotopic (exact) mass is 434 g/mol. The SMILES string of the molecule is O=C(C=Cc1ccc(C(C(=O)O)c2ccc3ocnc3c2)cc1)Nc1cccc(F)c1F. The first-order valence-corrected chi connectivity index (χ1v) is 9.51. The molecule has 0 aliphatic heterocycles.